The number of pyridine rings is 1. The fraction of sp³-hybridized carbons (Fsp3) is 0.316. The zero-order valence-corrected chi connectivity index (χ0v) is 14.3. The van der Waals surface area contributed by atoms with Gasteiger partial charge in [-0.1, -0.05) is 12.1 Å². The maximum Gasteiger partial charge on any atom is 0.340 e. The molecule has 0 radical (unpaired) electrons. The molecule has 0 bridgehead atoms. The second kappa shape index (κ2) is 7.34. The zero-order valence-electron chi connectivity index (χ0n) is 14.3. The van der Waals surface area contributed by atoms with Gasteiger partial charge in [-0.05, 0) is 56.0 Å². The fourth-order valence-electron chi connectivity index (χ4n) is 2.32. The van der Waals surface area contributed by atoms with Crippen LogP contribution in [-0.2, 0) is 9.53 Å². The van der Waals surface area contributed by atoms with Crippen molar-refractivity contribution in [3.63, 3.8) is 0 Å². The highest BCUT2D eigenvalue weighted by molar-refractivity contribution is 5.95. The van der Waals surface area contributed by atoms with Crippen LogP contribution in [0.2, 0.25) is 0 Å². The van der Waals surface area contributed by atoms with Gasteiger partial charge in [-0.2, -0.15) is 0 Å². The molecule has 1 saturated carbocycles. The van der Waals surface area contributed by atoms with Gasteiger partial charge in [0, 0.05) is 17.9 Å². The van der Waals surface area contributed by atoms with E-state index in [9.17, 15) is 9.59 Å². The molecule has 3 rings (SSSR count). The standard InChI is InChI=1S/C19H21N3O3/c1-12-4-3-5-16(13(12)2)22-18(23)11-25-19(24)14-6-9-17(20-10-14)21-15-7-8-15/h3-6,9-10,15H,7-8,11H2,1-2H3,(H,20,21)(H,22,23). The molecule has 130 valence electrons. The number of nitrogens with one attached hydrogen (secondary N) is 2. The van der Waals surface area contributed by atoms with Gasteiger partial charge in [0.05, 0.1) is 5.56 Å². The first-order chi connectivity index (χ1) is 12.0. The van der Waals surface area contributed by atoms with E-state index in [0.29, 0.717) is 11.6 Å². The highest BCUT2D eigenvalue weighted by Gasteiger charge is 2.21. The highest BCUT2D eigenvalue weighted by atomic mass is 16.5. The molecule has 2 aromatic rings. The van der Waals surface area contributed by atoms with Crippen LogP contribution >= 0.6 is 0 Å². The van der Waals surface area contributed by atoms with Crippen LogP contribution in [0.15, 0.2) is 36.5 Å². The van der Waals surface area contributed by atoms with Gasteiger partial charge in [0.2, 0.25) is 0 Å². The number of carbonyl (C=O) groups excluding carboxylic acids is 2. The van der Waals surface area contributed by atoms with Crippen molar-refractivity contribution < 1.29 is 14.3 Å². The molecule has 1 fully saturated rings. The van der Waals surface area contributed by atoms with Gasteiger partial charge in [-0.15, -0.1) is 0 Å². The largest absolute Gasteiger partial charge is 0.452 e. The Balaban J connectivity index is 1.50. The average molecular weight is 339 g/mol. The van der Waals surface area contributed by atoms with Gasteiger partial charge in [0.15, 0.2) is 6.61 Å². The second-order valence-corrected chi connectivity index (χ2v) is 6.22. The van der Waals surface area contributed by atoms with Gasteiger partial charge >= 0.3 is 5.97 Å². The normalized spacial score (nSPS) is 13.2. The van der Waals surface area contributed by atoms with E-state index >= 15 is 0 Å². The molecule has 6 heteroatoms. The summed E-state index contributed by atoms with van der Waals surface area (Å²) >= 11 is 0. The Morgan fingerprint density at radius 1 is 1.20 bits per heavy atom. The van der Waals surface area contributed by atoms with Gasteiger partial charge in [0.25, 0.3) is 5.91 Å². The Morgan fingerprint density at radius 2 is 2.00 bits per heavy atom. The number of anilines is 2. The minimum absolute atomic E-state index is 0.320. The molecule has 1 aromatic heterocycles. The Kier molecular flexibility index (Phi) is 4.97. The smallest absolute Gasteiger partial charge is 0.340 e. The second-order valence-electron chi connectivity index (χ2n) is 6.22. The summed E-state index contributed by atoms with van der Waals surface area (Å²) in [7, 11) is 0. The third-order valence-electron chi connectivity index (χ3n) is 4.14. The van der Waals surface area contributed by atoms with Crippen LogP contribution in [0.3, 0.4) is 0 Å². The molecule has 0 saturated heterocycles. The number of amides is 1. The summed E-state index contributed by atoms with van der Waals surface area (Å²) in [5, 5.41) is 6.00. The quantitative estimate of drug-likeness (QED) is 0.791. The summed E-state index contributed by atoms with van der Waals surface area (Å²) in [5.74, 6) is -0.199. The van der Waals surface area contributed by atoms with E-state index < -0.39 is 5.97 Å². The van der Waals surface area contributed by atoms with Crippen molar-refractivity contribution >= 4 is 23.4 Å². The van der Waals surface area contributed by atoms with Crippen molar-refractivity contribution in [1.82, 2.24) is 4.98 Å². The molecular weight excluding hydrogens is 318 g/mol. The van der Waals surface area contributed by atoms with Gasteiger partial charge < -0.3 is 15.4 Å². The van der Waals surface area contributed by atoms with Gasteiger partial charge in [-0.3, -0.25) is 4.79 Å². The van der Waals surface area contributed by atoms with Crippen LogP contribution in [0.25, 0.3) is 0 Å². The molecule has 0 atom stereocenters. The van der Waals surface area contributed by atoms with Crippen LogP contribution in [0.1, 0.15) is 34.3 Å². The average Bonchev–Trinajstić information content (AvgIpc) is 3.41. The Bertz CT molecular complexity index is 783. The first-order valence-corrected chi connectivity index (χ1v) is 8.28. The van der Waals surface area contributed by atoms with Crippen molar-refractivity contribution in [2.75, 3.05) is 17.2 Å². The number of benzene rings is 1. The van der Waals surface area contributed by atoms with E-state index in [4.69, 9.17) is 4.74 Å². The van der Waals surface area contributed by atoms with Crippen LogP contribution in [-0.4, -0.2) is 29.5 Å². The van der Waals surface area contributed by atoms with Crippen LogP contribution in [0.4, 0.5) is 11.5 Å². The summed E-state index contributed by atoms with van der Waals surface area (Å²) in [5.41, 5.74) is 3.12. The monoisotopic (exact) mass is 339 g/mol. The number of carbonyl (C=O) groups is 2. The van der Waals surface area contributed by atoms with E-state index in [-0.39, 0.29) is 12.5 Å². The minimum atomic E-state index is -0.568. The first kappa shape index (κ1) is 17.0. The summed E-state index contributed by atoms with van der Waals surface area (Å²) in [4.78, 5) is 28.2. The van der Waals surface area contributed by atoms with Crippen molar-refractivity contribution in [1.29, 1.82) is 0 Å². The molecule has 1 amide bonds. The van der Waals surface area contributed by atoms with Crippen molar-refractivity contribution in [2.45, 2.75) is 32.7 Å². The summed E-state index contributed by atoms with van der Waals surface area (Å²) in [6, 6.07) is 9.54. The van der Waals surface area contributed by atoms with E-state index in [1.807, 2.05) is 32.0 Å². The first-order valence-electron chi connectivity index (χ1n) is 8.28. The lowest BCUT2D eigenvalue weighted by Gasteiger charge is -2.10. The summed E-state index contributed by atoms with van der Waals surface area (Å²) in [6.45, 7) is 3.56. The number of aromatic nitrogens is 1. The lowest BCUT2D eigenvalue weighted by molar-refractivity contribution is -0.119. The number of aryl methyl sites for hydroxylation is 1. The van der Waals surface area contributed by atoms with E-state index in [0.717, 1.165) is 35.5 Å². The molecular formula is C19H21N3O3. The SMILES string of the molecule is Cc1cccc(NC(=O)COC(=O)c2ccc(NC3CC3)nc2)c1C. The third kappa shape index (κ3) is 4.56. The Labute approximate surface area is 146 Å². The topological polar surface area (TPSA) is 80.3 Å². The fourth-order valence-corrected chi connectivity index (χ4v) is 2.32. The molecule has 2 N–H and O–H groups in total. The van der Waals surface area contributed by atoms with Crippen molar-refractivity contribution in [2.24, 2.45) is 0 Å². The van der Waals surface area contributed by atoms with Crippen LogP contribution in [0, 0.1) is 13.8 Å². The summed E-state index contributed by atoms with van der Waals surface area (Å²) < 4.78 is 5.05. The zero-order chi connectivity index (χ0) is 17.8. The maximum absolute atomic E-state index is 12.0. The molecule has 0 spiro atoms. The molecule has 25 heavy (non-hydrogen) atoms. The summed E-state index contributed by atoms with van der Waals surface area (Å²) in [6.07, 6.45) is 3.76. The molecule has 0 unspecified atom stereocenters. The van der Waals surface area contributed by atoms with E-state index in [1.165, 1.54) is 6.20 Å². The Morgan fingerprint density at radius 3 is 2.68 bits per heavy atom. The molecule has 1 aliphatic carbocycles. The molecule has 0 aliphatic heterocycles. The number of ether oxygens (including phenoxy) is 1. The molecule has 1 heterocycles. The Hall–Kier alpha value is -2.89. The van der Waals surface area contributed by atoms with E-state index in [2.05, 4.69) is 15.6 Å². The third-order valence-corrected chi connectivity index (χ3v) is 4.14. The predicted molar refractivity (Wildman–Crippen MR) is 95.7 cm³/mol. The van der Waals surface area contributed by atoms with Crippen LogP contribution < -0.4 is 10.6 Å². The number of rotatable bonds is 6. The maximum atomic E-state index is 12.0. The number of hydrogen-bond acceptors (Lipinski definition) is 5. The van der Waals surface area contributed by atoms with E-state index in [1.54, 1.807) is 12.1 Å². The molecule has 1 aliphatic rings. The molecule has 1 aromatic carbocycles. The number of nitrogens with zero attached hydrogens (tertiary/aromatic N) is 1. The van der Waals surface area contributed by atoms with Gasteiger partial charge in [0.1, 0.15) is 5.82 Å². The van der Waals surface area contributed by atoms with Crippen molar-refractivity contribution in [3.05, 3.63) is 53.2 Å². The van der Waals surface area contributed by atoms with Crippen LogP contribution in [0.5, 0.6) is 0 Å². The highest BCUT2D eigenvalue weighted by Crippen LogP contribution is 2.23. The predicted octanol–water partition coefficient (Wildman–Crippen LogP) is 3.07. The lowest BCUT2D eigenvalue weighted by atomic mass is 10.1. The lowest BCUT2D eigenvalue weighted by Crippen LogP contribution is -2.21. The van der Waals surface area contributed by atoms with Gasteiger partial charge in [-0.25, -0.2) is 9.78 Å². The minimum Gasteiger partial charge on any atom is -0.452 e. The van der Waals surface area contributed by atoms with Crippen molar-refractivity contribution in [3.8, 4) is 0 Å². The number of esters is 1. The number of hydrogen-bond donors (Lipinski definition) is 2. The molecule has 6 nitrogen and oxygen atoms in total.